The molecule has 0 amide bonds. The van der Waals surface area contributed by atoms with Crippen molar-refractivity contribution in [2.24, 2.45) is 0 Å². The van der Waals surface area contributed by atoms with E-state index in [1.54, 1.807) is 42.5 Å². The highest BCUT2D eigenvalue weighted by Crippen LogP contribution is 2.37. The van der Waals surface area contributed by atoms with Gasteiger partial charge in [0.15, 0.2) is 11.5 Å². The molecule has 3 nitrogen and oxygen atoms in total. The number of hydrogen-bond donors (Lipinski definition) is 1. The lowest BCUT2D eigenvalue weighted by atomic mass is 10.2. The van der Waals surface area contributed by atoms with Crippen LogP contribution < -0.4 is 14.8 Å². The maximum absolute atomic E-state index is 13.9. The molecule has 0 aliphatic heterocycles. The number of anilines is 1. The molecule has 0 radical (unpaired) electrons. The van der Waals surface area contributed by atoms with Gasteiger partial charge >= 0.3 is 0 Å². The highest BCUT2D eigenvalue weighted by atomic mass is 35.5. The van der Waals surface area contributed by atoms with Crippen LogP contribution in [-0.4, -0.2) is 6.61 Å². The van der Waals surface area contributed by atoms with E-state index in [4.69, 9.17) is 44.3 Å². The number of halogens is 4. The van der Waals surface area contributed by atoms with Crippen molar-refractivity contribution in [3.8, 4) is 11.5 Å². The Morgan fingerprint density at radius 3 is 2.34 bits per heavy atom. The van der Waals surface area contributed by atoms with E-state index in [0.29, 0.717) is 45.3 Å². The third-order valence-electron chi connectivity index (χ3n) is 4.06. The Morgan fingerprint density at radius 1 is 0.931 bits per heavy atom. The maximum atomic E-state index is 13.9. The zero-order chi connectivity index (χ0) is 20.8. The molecule has 152 valence electrons. The fourth-order valence-electron chi connectivity index (χ4n) is 2.75. The van der Waals surface area contributed by atoms with Crippen molar-refractivity contribution in [2.45, 2.75) is 20.1 Å². The van der Waals surface area contributed by atoms with E-state index in [2.05, 4.69) is 5.32 Å². The van der Waals surface area contributed by atoms with E-state index < -0.39 is 0 Å². The van der Waals surface area contributed by atoms with Crippen molar-refractivity contribution in [3.05, 3.63) is 86.6 Å². The Hall–Kier alpha value is -2.14. The highest BCUT2D eigenvalue weighted by Gasteiger charge is 2.14. The molecule has 0 atom stereocenters. The van der Waals surface area contributed by atoms with Crippen LogP contribution in [0.4, 0.5) is 10.1 Å². The average molecular weight is 455 g/mol. The zero-order valence-electron chi connectivity index (χ0n) is 15.6. The Kier molecular flexibility index (Phi) is 7.48. The summed E-state index contributed by atoms with van der Waals surface area (Å²) in [5, 5.41) is 4.73. The summed E-state index contributed by atoms with van der Waals surface area (Å²) in [4.78, 5) is 0. The first-order valence-corrected chi connectivity index (χ1v) is 10.1. The Labute approximate surface area is 184 Å². The van der Waals surface area contributed by atoms with Gasteiger partial charge < -0.3 is 14.8 Å². The van der Waals surface area contributed by atoms with Crippen LogP contribution in [0.5, 0.6) is 11.5 Å². The first kappa shape index (κ1) is 21.6. The lowest BCUT2D eigenvalue weighted by Crippen LogP contribution is -2.04. The van der Waals surface area contributed by atoms with Gasteiger partial charge in [-0.3, -0.25) is 0 Å². The summed E-state index contributed by atoms with van der Waals surface area (Å²) in [6.07, 6.45) is 0. The summed E-state index contributed by atoms with van der Waals surface area (Å²) in [5.74, 6) is 0.547. The normalized spacial score (nSPS) is 10.7. The van der Waals surface area contributed by atoms with Crippen LogP contribution in [-0.2, 0) is 13.2 Å². The molecular weight excluding hydrogens is 436 g/mol. The smallest absolute Gasteiger partial charge is 0.180 e. The summed E-state index contributed by atoms with van der Waals surface area (Å²) < 4.78 is 25.3. The van der Waals surface area contributed by atoms with Crippen molar-refractivity contribution in [2.75, 3.05) is 11.9 Å². The van der Waals surface area contributed by atoms with E-state index in [-0.39, 0.29) is 12.4 Å². The summed E-state index contributed by atoms with van der Waals surface area (Å²) in [6.45, 7) is 2.83. The second kappa shape index (κ2) is 10.1. The van der Waals surface area contributed by atoms with Crippen molar-refractivity contribution in [1.82, 2.24) is 0 Å². The Bertz CT molecular complexity index is 978. The predicted molar refractivity (Wildman–Crippen MR) is 117 cm³/mol. The molecule has 3 rings (SSSR count). The van der Waals surface area contributed by atoms with Gasteiger partial charge in [0, 0.05) is 27.8 Å². The number of benzene rings is 3. The van der Waals surface area contributed by atoms with Crippen LogP contribution in [0.3, 0.4) is 0 Å². The van der Waals surface area contributed by atoms with E-state index in [1.165, 1.54) is 6.07 Å². The average Bonchev–Trinajstić information content (AvgIpc) is 2.66. The van der Waals surface area contributed by atoms with Crippen molar-refractivity contribution >= 4 is 40.5 Å². The molecule has 0 unspecified atom stereocenters. The molecule has 0 aromatic heterocycles. The molecule has 0 saturated heterocycles. The summed E-state index contributed by atoms with van der Waals surface area (Å²) in [7, 11) is 0. The number of ether oxygens (including phenoxy) is 2. The number of nitrogens with one attached hydrogen (secondary N) is 1. The first-order chi connectivity index (χ1) is 14.0. The van der Waals surface area contributed by atoms with Gasteiger partial charge in [-0.1, -0.05) is 53.0 Å². The van der Waals surface area contributed by atoms with Crippen molar-refractivity contribution in [3.63, 3.8) is 0 Å². The topological polar surface area (TPSA) is 30.5 Å². The molecule has 7 heteroatoms. The SMILES string of the molecule is CCOc1cc(CNc2cc(Cl)cc(Cl)c2)cc(Cl)c1OCc1ccccc1F. The largest absolute Gasteiger partial charge is 0.490 e. The third kappa shape index (κ3) is 5.92. The van der Waals surface area contributed by atoms with Crippen LogP contribution in [0, 0.1) is 5.82 Å². The van der Waals surface area contributed by atoms with Gasteiger partial charge in [0.1, 0.15) is 12.4 Å². The van der Waals surface area contributed by atoms with E-state index in [0.717, 1.165) is 11.3 Å². The summed E-state index contributed by atoms with van der Waals surface area (Å²) in [5.41, 5.74) is 2.11. The van der Waals surface area contributed by atoms with Crippen LogP contribution in [0.2, 0.25) is 15.1 Å². The molecule has 0 spiro atoms. The van der Waals surface area contributed by atoms with Gasteiger partial charge in [-0.05, 0) is 48.9 Å². The zero-order valence-corrected chi connectivity index (χ0v) is 17.9. The monoisotopic (exact) mass is 453 g/mol. The minimum Gasteiger partial charge on any atom is -0.490 e. The van der Waals surface area contributed by atoms with Gasteiger partial charge in [-0.15, -0.1) is 0 Å². The molecule has 0 bridgehead atoms. The number of hydrogen-bond acceptors (Lipinski definition) is 3. The molecule has 0 fully saturated rings. The van der Waals surface area contributed by atoms with Gasteiger partial charge in [-0.25, -0.2) is 4.39 Å². The van der Waals surface area contributed by atoms with Crippen LogP contribution in [0.25, 0.3) is 0 Å². The number of rotatable bonds is 8. The van der Waals surface area contributed by atoms with Crippen molar-refractivity contribution in [1.29, 1.82) is 0 Å². The minimum atomic E-state index is -0.331. The molecule has 0 heterocycles. The summed E-state index contributed by atoms with van der Waals surface area (Å²) in [6, 6.07) is 15.3. The van der Waals surface area contributed by atoms with Crippen LogP contribution in [0.1, 0.15) is 18.1 Å². The molecular formula is C22H19Cl3FNO2. The molecule has 0 aliphatic rings. The molecule has 0 aliphatic carbocycles. The lowest BCUT2D eigenvalue weighted by Gasteiger charge is -2.16. The Balaban J connectivity index is 1.77. The van der Waals surface area contributed by atoms with Gasteiger partial charge in [0.05, 0.1) is 11.6 Å². The standard InChI is InChI=1S/C22H19Cl3FNO2/c1-2-28-21-8-14(12-27-18-10-16(23)9-17(24)11-18)7-19(25)22(21)29-13-15-5-3-4-6-20(15)26/h3-11,27H,2,12-13H2,1H3. The second-order valence-corrected chi connectivity index (χ2v) is 7.51. The van der Waals surface area contributed by atoms with E-state index in [1.807, 2.05) is 13.0 Å². The highest BCUT2D eigenvalue weighted by molar-refractivity contribution is 6.35. The second-order valence-electron chi connectivity index (χ2n) is 6.23. The quantitative estimate of drug-likeness (QED) is 0.385. The molecule has 3 aromatic carbocycles. The van der Waals surface area contributed by atoms with Gasteiger partial charge in [0.25, 0.3) is 0 Å². The third-order valence-corrected chi connectivity index (χ3v) is 4.78. The first-order valence-electron chi connectivity index (χ1n) is 8.97. The van der Waals surface area contributed by atoms with Crippen LogP contribution in [0.15, 0.2) is 54.6 Å². The van der Waals surface area contributed by atoms with Crippen LogP contribution >= 0.6 is 34.8 Å². The fourth-order valence-corrected chi connectivity index (χ4v) is 3.57. The molecule has 3 aromatic rings. The molecule has 1 N–H and O–H groups in total. The lowest BCUT2D eigenvalue weighted by molar-refractivity contribution is 0.266. The maximum Gasteiger partial charge on any atom is 0.180 e. The minimum absolute atomic E-state index is 0.0467. The van der Waals surface area contributed by atoms with E-state index in [9.17, 15) is 4.39 Å². The summed E-state index contributed by atoms with van der Waals surface area (Å²) >= 11 is 18.5. The fraction of sp³-hybridized carbons (Fsp3) is 0.182. The van der Waals surface area contributed by atoms with Gasteiger partial charge in [-0.2, -0.15) is 0 Å². The van der Waals surface area contributed by atoms with Crippen molar-refractivity contribution < 1.29 is 13.9 Å². The van der Waals surface area contributed by atoms with E-state index >= 15 is 0 Å². The molecule has 29 heavy (non-hydrogen) atoms. The predicted octanol–water partition coefficient (Wildman–Crippen LogP) is 7.38. The Morgan fingerprint density at radius 2 is 1.66 bits per heavy atom. The van der Waals surface area contributed by atoms with Gasteiger partial charge in [0.2, 0.25) is 0 Å². The molecule has 0 saturated carbocycles.